The van der Waals surface area contributed by atoms with Gasteiger partial charge in [0.2, 0.25) is 5.95 Å². The fourth-order valence-corrected chi connectivity index (χ4v) is 1.66. The molecule has 3 rings (SSSR count). The second kappa shape index (κ2) is 3.56. The Balaban J connectivity index is 2.01. The normalized spacial score (nSPS) is 22.8. The summed E-state index contributed by atoms with van der Waals surface area (Å²) in [6, 6.07) is 0. The van der Waals surface area contributed by atoms with Crippen molar-refractivity contribution in [1.29, 1.82) is 0 Å². The molecule has 0 bridgehead atoms. The summed E-state index contributed by atoms with van der Waals surface area (Å²) in [7, 11) is 3.85. The van der Waals surface area contributed by atoms with Gasteiger partial charge < -0.3 is 19.9 Å². The maximum Gasteiger partial charge on any atom is 0.228 e. The van der Waals surface area contributed by atoms with Gasteiger partial charge in [-0.25, -0.2) is 4.98 Å². The number of H-pyrrole nitrogens is 1. The zero-order valence-corrected chi connectivity index (χ0v) is 9.93. The summed E-state index contributed by atoms with van der Waals surface area (Å²) < 4.78 is 5.28. The van der Waals surface area contributed by atoms with Gasteiger partial charge in [-0.3, -0.25) is 0 Å². The van der Waals surface area contributed by atoms with Crippen molar-refractivity contribution in [3.05, 3.63) is 6.33 Å². The van der Waals surface area contributed by atoms with Crippen LogP contribution in [0.25, 0.3) is 11.2 Å². The number of ether oxygens (including phenoxy) is 1. The monoisotopic (exact) mass is 234 g/mol. The summed E-state index contributed by atoms with van der Waals surface area (Å²) in [5.74, 6) is 1.34. The summed E-state index contributed by atoms with van der Waals surface area (Å²) in [5.41, 5.74) is 1.49. The quantitative estimate of drug-likeness (QED) is 0.756. The number of imidazole rings is 1. The maximum absolute atomic E-state index is 5.28. The average molecular weight is 234 g/mol. The lowest BCUT2D eigenvalue weighted by Crippen LogP contribution is -2.15. The molecule has 0 aliphatic carbocycles. The van der Waals surface area contributed by atoms with Gasteiger partial charge in [0.25, 0.3) is 0 Å². The van der Waals surface area contributed by atoms with E-state index in [-0.39, 0.29) is 12.3 Å². The Morgan fingerprint density at radius 1 is 1.41 bits per heavy atom. The zero-order valence-electron chi connectivity index (χ0n) is 9.93. The fraction of sp³-hybridized carbons (Fsp3) is 0.500. The Bertz CT molecular complexity index is 551. The van der Waals surface area contributed by atoms with Gasteiger partial charge in [0, 0.05) is 14.1 Å². The Kier molecular flexibility index (Phi) is 2.15. The van der Waals surface area contributed by atoms with Crippen molar-refractivity contribution >= 4 is 22.9 Å². The van der Waals surface area contributed by atoms with Crippen LogP contribution in [0.4, 0.5) is 11.8 Å². The SMILES string of the molecule is CC1OC1Nc1nc(N(C)C)c2nc[nH]c2n1. The van der Waals surface area contributed by atoms with Gasteiger partial charge in [-0.1, -0.05) is 0 Å². The molecule has 0 amide bonds. The molecule has 1 saturated heterocycles. The molecule has 7 heteroatoms. The van der Waals surface area contributed by atoms with Crippen molar-refractivity contribution in [1.82, 2.24) is 19.9 Å². The fourth-order valence-electron chi connectivity index (χ4n) is 1.66. The third kappa shape index (κ3) is 1.78. The van der Waals surface area contributed by atoms with Crippen LogP contribution >= 0.6 is 0 Å². The molecule has 2 unspecified atom stereocenters. The molecule has 0 spiro atoms. The van der Waals surface area contributed by atoms with Crippen molar-refractivity contribution in [2.45, 2.75) is 19.3 Å². The van der Waals surface area contributed by atoms with E-state index in [0.29, 0.717) is 5.95 Å². The van der Waals surface area contributed by atoms with Crippen LogP contribution in [0.3, 0.4) is 0 Å². The predicted octanol–water partition coefficient (Wildman–Crippen LogP) is 0.576. The van der Waals surface area contributed by atoms with E-state index < -0.39 is 0 Å². The van der Waals surface area contributed by atoms with Crippen LogP contribution < -0.4 is 10.2 Å². The lowest BCUT2D eigenvalue weighted by Gasteiger charge is -2.12. The van der Waals surface area contributed by atoms with Crippen molar-refractivity contribution in [3.8, 4) is 0 Å². The summed E-state index contributed by atoms with van der Waals surface area (Å²) in [6.07, 6.45) is 1.86. The Morgan fingerprint density at radius 2 is 2.18 bits per heavy atom. The first-order valence-electron chi connectivity index (χ1n) is 5.45. The van der Waals surface area contributed by atoms with Crippen LogP contribution in [0.1, 0.15) is 6.92 Å². The van der Waals surface area contributed by atoms with Crippen molar-refractivity contribution in [2.75, 3.05) is 24.3 Å². The smallest absolute Gasteiger partial charge is 0.228 e. The summed E-state index contributed by atoms with van der Waals surface area (Å²) >= 11 is 0. The standard InChI is InChI=1S/C10H14N6O/c1-5-9(17-5)15-10-13-7-6(11-4-12-7)8(14-10)16(2)3/h4-5,9H,1-3H3,(H2,11,12,13,14,15). The molecule has 90 valence electrons. The number of rotatable bonds is 3. The number of aromatic amines is 1. The van der Waals surface area contributed by atoms with Gasteiger partial charge >= 0.3 is 0 Å². The molecule has 2 aromatic heterocycles. The number of hydrogen-bond donors (Lipinski definition) is 2. The largest absolute Gasteiger partial charge is 0.361 e. The van der Waals surface area contributed by atoms with E-state index in [1.165, 1.54) is 0 Å². The van der Waals surface area contributed by atoms with E-state index in [1.54, 1.807) is 6.33 Å². The van der Waals surface area contributed by atoms with Gasteiger partial charge in [0.05, 0.1) is 6.33 Å². The molecule has 2 aromatic rings. The molecule has 7 nitrogen and oxygen atoms in total. The lowest BCUT2D eigenvalue weighted by molar-refractivity contribution is 0.391. The second-order valence-electron chi connectivity index (χ2n) is 4.27. The molecule has 0 saturated carbocycles. The third-order valence-electron chi connectivity index (χ3n) is 2.67. The van der Waals surface area contributed by atoms with Crippen LogP contribution in [-0.4, -0.2) is 46.4 Å². The average Bonchev–Trinajstić information content (AvgIpc) is 2.79. The molecular weight excluding hydrogens is 220 g/mol. The molecule has 1 fully saturated rings. The minimum atomic E-state index is 0.0189. The van der Waals surface area contributed by atoms with E-state index in [2.05, 4.69) is 25.3 Å². The topological polar surface area (TPSA) is 82.3 Å². The number of anilines is 2. The van der Waals surface area contributed by atoms with Crippen LogP contribution in [0.15, 0.2) is 6.33 Å². The molecule has 2 N–H and O–H groups in total. The molecule has 1 aliphatic heterocycles. The highest BCUT2D eigenvalue weighted by Gasteiger charge is 2.35. The maximum atomic E-state index is 5.28. The number of nitrogens with zero attached hydrogens (tertiary/aromatic N) is 4. The number of aromatic nitrogens is 4. The van der Waals surface area contributed by atoms with Crippen LogP contribution in [0, 0.1) is 0 Å². The van der Waals surface area contributed by atoms with Crippen LogP contribution in [0.5, 0.6) is 0 Å². The highest BCUT2D eigenvalue weighted by atomic mass is 16.6. The van der Waals surface area contributed by atoms with Gasteiger partial charge in [-0.05, 0) is 6.92 Å². The van der Waals surface area contributed by atoms with E-state index in [1.807, 2.05) is 25.9 Å². The molecular formula is C10H14N6O. The first kappa shape index (κ1) is 10.3. The van der Waals surface area contributed by atoms with Crippen molar-refractivity contribution in [3.63, 3.8) is 0 Å². The second-order valence-corrected chi connectivity index (χ2v) is 4.27. The molecule has 0 radical (unpaired) electrons. The highest BCUT2D eigenvalue weighted by molar-refractivity contribution is 5.84. The summed E-state index contributed by atoms with van der Waals surface area (Å²) in [5, 5.41) is 3.12. The number of hydrogen-bond acceptors (Lipinski definition) is 6. The Morgan fingerprint density at radius 3 is 2.82 bits per heavy atom. The van der Waals surface area contributed by atoms with E-state index in [0.717, 1.165) is 17.0 Å². The summed E-state index contributed by atoms with van der Waals surface area (Å²) in [4.78, 5) is 17.9. The van der Waals surface area contributed by atoms with Crippen molar-refractivity contribution in [2.24, 2.45) is 0 Å². The van der Waals surface area contributed by atoms with Gasteiger partial charge in [0.15, 0.2) is 23.2 Å². The van der Waals surface area contributed by atoms with E-state index >= 15 is 0 Å². The first-order valence-corrected chi connectivity index (χ1v) is 5.45. The molecule has 3 heterocycles. The predicted molar refractivity (Wildman–Crippen MR) is 64.0 cm³/mol. The third-order valence-corrected chi connectivity index (χ3v) is 2.67. The van der Waals surface area contributed by atoms with Gasteiger partial charge in [-0.2, -0.15) is 9.97 Å². The first-order chi connectivity index (χ1) is 8.15. The summed E-state index contributed by atoms with van der Waals surface area (Å²) in [6.45, 7) is 2.00. The van der Waals surface area contributed by atoms with Gasteiger partial charge in [-0.15, -0.1) is 0 Å². The minimum absolute atomic E-state index is 0.0189. The highest BCUT2D eigenvalue weighted by Crippen LogP contribution is 2.25. The zero-order chi connectivity index (χ0) is 12.0. The Hall–Kier alpha value is -1.89. The number of nitrogens with one attached hydrogen (secondary N) is 2. The van der Waals surface area contributed by atoms with Gasteiger partial charge in [0.1, 0.15) is 6.10 Å². The Labute approximate surface area is 98.2 Å². The van der Waals surface area contributed by atoms with E-state index in [4.69, 9.17) is 4.74 Å². The lowest BCUT2D eigenvalue weighted by atomic mass is 10.4. The molecule has 0 aromatic carbocycles. The molecule has 1 aliphatic rings. The molecule has 17 heavy (non-hydrogen) atoms. The van der Waals surface area contributed by atoms with Crippen molar-refractivity contribution < 1.29 is 4.74 Å². The molecule has 2 atom stereocenters. The minimum Gasteiger partial charge on any atom is -0.361 e. The van der Waals surface area contributed by atoms with Crippen LogP contribution in [0.2, 0.25) is 0 Å². The number of fused-ring (bicyclic) bond motifs is 1. The van der Waals surface area contributed by atoms with Crippen LogP contribution in [-0.2, 0) is 4.74 Å². The van der Waals surface area contributed by atoms with E-state index in [9.17, 15) is 0 Å². The number of epoxide rings is 1.